The zero-order valence-corrected chi connectivity index (χ0v) is 23.7. The Bertz CT molecular complexity index is 1120. The Kier molecular flexibility index (Phi) is 11.3. The quantitative estimate of drug-likeness (QED) is 0.279. The van der Waals surface area contributed by atoms with E-state index in [1.54, 1.807) is 13.8 Å². The summed E-state index contributed by atoms with van der Waals surface area (Å²) in [7, 11) is 0. The van der Waals surface area contributed by atoms with Gasteiger partial charge in [0.25, 0.3) is 5.91 Å². The standard InChI is InChI=1S/C27H36F3N3O8/c1-13(2)21(23(36)27(28,29)30)31-25(38)20-8-7-9-33(20)26(39)22(14(3)4)32-24(37)17-10-18(40-15(5)34)12-19(11-17)41-16(6)35/h10-14,20-23,36H,7-9H2,1-6H3,(H,31,38)(H,32,37)/t20-,21?,22-,23?/m0/s1. The molecule has 1 saturated heterocycles. The smallest absolute Gasteiger partial charge is 0.416 e. The molecule has 0 saturated carbocycles. The Morgan fingerprint density at radius 3 is 1.90 bits per heavy atom. The number of likely N-dealkylation sites (tertiary alicyclic amines) is 1. The summed E-state index contributed by atoms with van der Waals surface area (Å²) in [4.78, 5) is 63.8. The number of carbonyl (C=O) groups is 5. The maximum Gasteiger partial charge on any atom is 0.416 e. The van der Waals surface area contributed by atoms with E-state index in [-0.39, 0.29) is 30.0 Å². The molecule has 0 bridgehead atoms. The van der Waals surface area contributed by atoms with E-state index >= 15 is 0 Å². The van der Waals surface area contributed by atoms with Crippen molar-refractivity contribution in [2.24, 2.45) is 11.8 Å². The van der Waals surface area contributed by atoms with Crippen LogP contribution in [0.2, 0.25) is 0 Å². The molecule has 0 spiro atoms. The fourth-order valence-electron chi connectivity index (χ4n) is 4.45. The second-order valence-corrected chi connectivity index (χ2v) is 10.5. The number of nitrogens with one attached hydrogen (secondary N) is 2. The molecule has 11 nitrogen and oxygen atoms in total. The topological polar surface area (TPSA) is 151 Å². The Balaban J connectivity index is 2.28. The molecule has 2 unspecified atom stereocenters. The molecule has 3 N–H and O–H groups in total. The lowest BCUT2D eigenvalue weighted by atomic mass is 9.97. The summed E-state index contributed by atoms with van der Waals surface area (Å²) in [6, 6.07) is -0.210. The summed E-state index contributed by atoms with van der Waals surface area (Å²) >= 11 is 0. The first-order valence-electron chi connectivity index (χ1n) is 13.1. The molecule has 3 amide bonds. The van der Waals surface area contributed by atoms with Gasteiger partial charge in [-0.15, -0.1) is 0 Å². The third kappa shape index (κ3) is 9.17. The minimum Gasteiger partial charge on any atom is -0.427 e. The van der Waals surface area contributed by atoms with Gasteiger partial charge in [-0.05, 0) is 36.8 Å². The summed E-state index contributed by atoms with van der Waals surface area (Å²) in [5.74, 6) is -5.00. The summed E-state index contributed by atoms with van der Waals surface area (Å²) in [5, 5.41) is 14.6. The van der Waals surface area contributed by atoms with Crippen molar-refractivity contribution in [3.05, 3.63) is 23.8 Å². The number of carbonyl (C=O) groups excluding carboxylic acids is 5. The predicted molar refractivity (Wildman–Crippen MR) is 139 cm³/mol. The molecule has 1 aliphatic heterocycles. The maximum absolute atomic E-state index is 13.6. The highest BCUT2D eigenvalue weighted by molar-refractivity contribution is 5.99. The van der Waals surface area contributed by atoms with Gasteiger partial charge in [-0.2, -0.15) is 13.2 Å². The van der Waals surface area contributed by atoms with Crippen LogP contribution in [0, 0.1) is 11.8 Å². The average Bonchev–Trinajstić information content (AvgIpc) is 3.33. The van der Waals surface area contributed by atoms with Gasteiger partial charge < -0.3 is 30.1 Å². The van der Waals surface area contributed by atoms with Crippen LogP contribution in [-0.4, -0.2) is 76.6 Å². The van der Waals surface area contributed by atoms with Crippen LogP contribution in [0.4, 0.5) is 13.2 Å². The fraction of sp³-hybridized carbons (Fsp3) is 0.593. The van der Waals surface area contributed by atoms with E-state index in [1.165, 1.54) is 36.9 Å². The molecule has 41 heavy (non-hydrogen) atoms. The Morgan fingerprint density at radius 1 is 0.927 bits per heavy atom. The number of hydrogen-bond donors (Lipinski definition) is 3. The van der Waals surface area contributed by atoms with Gasteiger partial charge in [-0.1, -0.05) is 27.7 Å². The highest BCUT2D eigenvalue weighted by atomic mass is 19.4. The van der Waals surface area contributed by atoms with Crippen LogP contribution >= 0.6 is 0 Å². The fourth-order valence-corrected chi connectivity index (χ4v) is 4.45. The number of halogens is 3. The monoisotopic (exact) mass is 587 g/mol. The first kappa shape index (κ1) is 33.5. The Morgan fingerprint density at radius 2 is 1.46 bits per heavy atom. The second kappa shape index (κ2) is 13.8. The number of benzene rings is 1. The van der Waals surface area contributed by atoms with Crippen molar-refractivity contribution in [3.8, 4) is 11.5 Å². The van der Waals surface area contributed by atoms with E-state index in [2.05, 4.69) is 10.6 Å². The van der Waals surface area contributed by atoms with Crippen LogP contribution in [0.3, 0.4) is 0 Å². The van der Waals surface area contributed by atoms with Crippen molar-refractivity contribution in [2.45, 2.75) is 84.8 Å². The molecular weight excluding hydrogens is 551 g/mol. The van der Waals surface area contributed by atoms with Gasteiger partial charge in [-0.3, -0.25) is 24.0 Å². The number of aliphatic hydroxyl groups is 1. The van der Waals surface area contributed by atoms with E-state index in [0.717, 1.165) is 13.8 Å². The molecular formula is C27H36F3N3O8. The third-order valence-electron chi connectivity index (χ3n) is 6.43. The number of hydrogen-bond acceptors (Lipinski definition) is 8. The summed E-state index contributed by atoms with van der Waals surface area (Å²) in [6.45, 7) is 8.56. The SMILES string of the molecule is CC(=O)Oc1cc(OC(C)=O)cc(C(=O)N[C@H](C(=O)N2CCC[C@H]2C(=O)NC(C(C)C)C(O)C(F)(F)F)C(C)C)c1. The molecule has 1 aliphatic rings. The normalized spacial score (nSPS) is 17.6. The van der Waals surface area contributed by atoms with Crippen molar-refractivity contribution in [1.82, 2.24) is 15.5 Å². The largest absolute Gasteiger partial charge is 0.427 e. The van der Waals surface area contributed by atoms with Crippen LogP contribution in [0.15, 0.2) is 18.2 Å². The molecule has 1 aromatic rings. The maximum atomic E-state index is 13.6. The zero-order chi connectivity index (χ0) is 31.2. The zero-order valence-electron chi connectivity index (χ0n) is 23.7. The molecule has 1 aromatic carbocycles. The van der Waals surface area contributed by atoms with Crippen molar-refractivity contribution in [1.29, 1.82) is 0 Å². The molecule has 1 heterocycles. The molecule has 0 aliphatic carbocycles. The number of esters is 2. The van der Waals surface area contributed by atoms with Gasteiger partial charge >= 0.3 is 18.1 Å². The van der Waals surface area contributed by atoms with Crippen LogP contribution in [0.1, 0.15) is 64.7 Å². The average molecular weight is 588 g/mol. The molecule has 14 heteroatoms. The summed E-state index contributed by atoms with van der Waals surface area (Å²) < 4.78 is 49.5. The van der Waals surface area contributed by atoms with Crippen LogP contribution in [0.25, 0.3) is 0 Å². The summed E-state index contributed by atoms with van der Waals surface area (Å²) in [6.07, 6.45) is -7.17. The number of nitrogens with zero attached hydrogens (tertiary/aromatic N) is 1. The van der Waals surface area contributed by atoms with E-state index in [1.807, 2.05) is 0 Å². The van der Waals surface area contributed by atoms with Crippen LogP contribution < -0.4 is 20.1 Å². The second-order valence-electron chi connectivity index (χ2n) is 10.5. The van der Waals surface area contributed by atoms with Crippen LogP contribution in [0.5, 0.6) is 11.5 Å². The van der Waals surface area contributed by atoms with Crippen molar-refractivity contribution in [2.75, 3.05) is 6.54 Å². The first-order valence-corrected chi connectivity index (χ1v) is 13.1. The van der Waals surface area contributed by atoms with Crippen molar-refractivity contribution >= 4 is 29.7 Å². The molecule has 2 rings (SSSR count). The predicted octanol–water partition coefficient (Wildman–Crippen LogP) is 2.35. The van der Waals surface area contributed by atoms with E-state index < -0.39 is 71.9 Å². The molecule has 1 fully saturated rings. The Labute approximate surface area is 235 Å². The van der Waals surface area contributed by atoms with E-state index in [0.29, 0.717) is 6.42 Å². The molecule has 0 aromatic heterocycles. The number of ether oxygens (including phenoxy) is 2. The lowest BCUT2D eigenvalue weighted by Gasteiger charge is -2.33. The highest BCUT2D eigenvalue weighted by Gasteiger charge is 2.47. The van der Waals surface area contributed by atoms with Gasteiger partial charge in [0, 0.05) is 32.0 Å². The van der Waals surface area contributed by atoms with Crippen molar-refractivity contribution < 1.29 is 51.7 Å². The van der Waals surface area contributed by atoms with Crippen LogP contribution in [-0.2, 0) is 19.2 Å². The number of amides is 3. The van der Waals surface area contributed by atoms with E-state index in [4.69, 9.17) is 9.47 Å². The molecule has 228 valence electrons. The molecule has 4 atom stereocenters. The third-order valence-corrected chi connectivity index (χ3v) is 6.43. The minimum atomic E-state index is -4.96. The van der Waals surface area contributed by atoms with E-state index in [9.17, 15) is 42.3 Å². The summed E-state index contributed by atoms with van der Waals surface area (Å²) in [5.41, 5.74) is -0.0879. The number of aliphatic hydroxyl groups excluding tert-OH is 1. The van der Waals surface area contributed by atoms with Gasteiger partial charge in [-0.25, -0.2) is 0 Å². The Hall–Kier alpha value is -3.68. The van der Waals surface area contributed by atoms with Gasteiger partial charge in [0.15, 0.2) is 6.10 Å². The number of rotatable bonds is 10. The number of alkyl halides is 3. The van der Waals surface area contributed by atoms with Gasteiger partial charge in [0.2, 0.25) is 11.8 Å². The van der Waals surface area contributed by atoms with Gasteiger partial charge in [0.05, 0.1) is 6.04 Å². The first-order chi connectivity index (χ1) is 18.9. The lowest BCUT2D eigenvalue weighted by molar-refractivity contribution is -0.215. The lowest BCUT2D eigenvalue weighted by Crippen LogP contribution is -2.59. The highest BCUT2D eigenvalue weighted by Crippen LogP contribution is 2.27. The molecule has 0 radical (unpaired) electrons. The van der Waals surface area contributed by atoms with Gasteiger partial charge in [0.1, 0.15) is 23.6 Å². The minimum absolute atomic E-state index is 0.0779. The van der Waals surface area contributed by atoms with Crippen molar-refractivity contribution in [3.63, 3.8) is 0 Å².